The Morgan fingerprint density at radius 1 is 1.29 bits per heavy atom. The molecule has 0 amide bonds. The van der Waals surface area contributed by atoms with Gasteiger partial charge in [-0.2, -0.15) is 0 Å². The molecule has 1 saturated heterocycles. The van der Waals surface area contributed by atoms with E-state index >= 15 is 0 Å². The van der Waals surface area contributed by atoms with Gasteiger partial charge in [-0.25, -0.2) is 12.7 Å². The Morgan fingerprint density at radius 3 is 2.41 bits per heavy atom. The molecule has 17 heavy (non-hydrogen) atoms. The van der Waals surface area contributed by atoms with Crippen LogP contribution in [0.25, 0.3) is 0 Å². The molecule has 1 aliphatic rings. The monoisotopic (exact) mass is 262 g/mol. The zero-order valence-electron chi connectivity index (χ0n) is 11.4. The van der Waals surface area contributed by atoms with Crippen molar-refractivity contribution < 1.29 is 8.42 Å². The van der Waals surface area contributed by atoms with Crippen molar-refractivity contribution in [2.45, 2.75) is 52.1 Å². The van der Waals surface area contributed by atoms with Crippen molar-refractivity contribution in [2.75, 3.05) is 19.3 Å². The minimum Gasteiger partial charge on any atom is -0.313 e. The molecule has 0 aromatic rings. The summed E-state index contributed by atoms with van der Waals surface area (Å²) in [6.07, 6.45) is 3.27. The van der Waals surface area contributed by atoms with Gasteiger partial charge in [0.15, 0.2) is 0 Å². The van der Waals surface area contributed by atoms with Gasteiger partial charge in [0, 0.05) is 19.1 Å². The fraction of sp³-hybridized carbons (Fsp3) is 1.00. The summed E-state index contributed by atoms with van der Waals surface area (Å²) in [6.45, 7) is 7.02. The summed E-state index contributed by atoms with van der Waals surface area (Å²) < 4.78 is 26.0. The molecule has 102 valence electrons. The molecule has 1 N–H and O–H groups in total. The average Bonchev–Trinajstić information content (AvgIpc) is 2.27. The maximum atomic E-state index is 12.2. The Morgan fingerprint density at radius 2 is 1.94 bits per heavy atom. The number of nitrogens with zero attached hydrogens (tertiary/aromatic N) is 1. The van der Waals surface area contributed by atoms with Crippen LogP contribution < -0.4 is 5.32 Å². The van der Waals surface area contributed by atoms with Crippen molar-refractivity contribution >= 4 is 10.0 Å². The number of piperidine rings is 1. The highest BCUT2D eigenvalue weighted by Gasteiger charge is 2.28. The van der Waals surface area contributed by atoms with Crippen LogP contribution in [-0.2, 0) is 10.0 Å². The van der Waals surface area contributed by atoms with Crippen LogP contribution >= 0.6 is 0 Å². The Balaban J connectivity index is 2.60. The van der Waals surface area contributed by atoms with E-state index in [4.69, 9.17) is 0 Å². The molecule has 4 nitrogen and oxygen atoms in total. The first-order chi connectivity index (χ1) is 7.84. The van der Waals surface area contributed by atoms with Crippen LogP contribution in [0.3, 0.4) is 0 Å². The number of hydrogen-bond donors (Lipinski definition) is 1. The van der Waals surface area contributed by atoms with Crippen LogP contribution in [0, 0.1) is 5.92 Å². The van der Waals surface area contributed by atoms with Gasteiger partial charge in [0.2, 0.25) is 10.0 Å². The molecular weight excluding hydrogens is 236 g/mol. The molecule has 1 fully saturated rings. The molecule has 0 aliphatic carbocycles. The van der Waals surface area contributed by atoms with Crippen molar-refractivity contribution in [3.05, 3.63) is 0 Å². The topological polar surface area (TPSA) is 49.4 Å². The zero-order chi connectivity index (χ0) is 13.1. The molecule has 0 aromatic heterocycles. The highest BCUT2D eigenvalue weighted by molar-refractivity contribution is 7.89. The quantitative estimate of drug-likeness (QED) is 0.815. The second-order valence-electron chi connectivity index (χ2n) is 5.43. The van der Waals surface area contributed by atoms with Crippen LogP contribution in [0.2, 0.25) is 0 Å². The standard InChI is InChI=1S/C12H26N2O2S/c1-10(2)11(3)14(4)17(15,16)9-12-7-5-6-8-13-12/h10-13H,5-9H2,1-4H3. The van der Waals surface area contributed by atoms with Gasteiger partial charge < -0.3 is 5.32 Å². The first-order valence-electron chi connectivity index (χ1n) is 6.53. The first-order valence-corrected chi connectivity index (χ1v) is 8.14. The predicted molar refractivity (Wildman–Crippen MR) is 71.5 cm³/mol. The van der Waals surface area contributed by atoms with Crippen molar-refractivity contribution in [3.8, 4) is 0 Å². The molecule has 1 heterocycles. The Hall–Kier alpha value is -0.130. The van der Waals surface area contributed by atoms with Crippen LogP contribution in [0.15, 0.2) is 0 Å². The average molecular weight is 262 g/mol. The summed E-state index contributed by atoms with van der Waals surface area (Å²) in [5.74, 6) is 0.578. The molecule has 1 rings (SSSR count). The normalized spacial score (nSPS) is 24.2. The number of nitrogens with one attached hydrogen (secondary N) is 1. The molecule has 0 aromatic carbocycles. The molecule has 2 unspecified atom stereocenters. The van der Waals surface area contributed by atoms with Gasteiger partial charge in [-0.1, -0.05) is 20.3 Å². The van der Waals surface area contributed by atoms with Gasteiger partial charge in [-0.3, -0.25) is 0 Å². The maximum Gasteiger partial charge on any atom is 0.215 e. The third-order valence-electron chi connectivity index (χ3n) is 3.80. The number of rotatable bonds is 5. The van der Waals surface area contributed by atoms with E-state index < -0.39 is 10.0 Å². The van der Waals surface area contributed by atoms with Crippen molar-refractivity contribution in [2.24, 2.45) is 5.92 Å². The van der Waals surface area contributed by atoms with E-state index in [0.29, 0.717) is 5.92 Å². The van der Waals surface area contributed by atoms with E-state index in [1.807, 2.05) is 6.92 Å². The van der Waals surface area contributed by atoms with Crippen LogP contribution in [0.4, 0.5) is 0 Å². The highest BCUT2D eigenvalue weighted by atomic mass is 32.2. The van der Waals surface area contributed by atoms with Gasteiger partial charge in [0.25, 0.3) is 0 Å². The van der Waals surface area contributed by atoms with Crippen molar-refractivity contribution in [1.82, 2.24) is 9.62 Å². The van der Waals surface area contributed by atoms with Gasteiger partial charge in [0.1, 0.15) is 0 Å². The lowest BCUT2D eigenvalue weighted by Crippen LogP contribution is -2.46. The SMILES string of the molecule is CC(C)C(C)N(C)S(=O)(=O)CC1CCCCN1. The Bertz CT molecular complexity index is 321. The first kappa shape index (κ1) is 14.9. The lowest BCUT2D eigenvalue weighted by molar-refractivity contribution is 0.312. The number of hydrogen-bond acceptors (Lipinski definition) is 3. The van der Waals surface area contributed by atoms with Crippen LogP contribution in [-0.4, -0.2) is 44.2 Å². The molecular formula is C12H26N2O2S. The molecule has 0 saturated carbocycles. The van der Waals surface area contributed by atoms with E-state index in [9.17, 15) is 8.42 Å². The fourth-order valence-electron chi connectivity index (χ4n) is 2.11. The zero-order valence-corrected chi connectivity index (χ0v) is 12.3. The Labute approximate surface area is 106 Å². The fourth-order valence-corrected chi connectivity index (χ4v) is 3.89. The van der Waals surface area contributed by atoms with Gasteiger partial charge in [0.05, 0.1) is 5.75 Å². The van der Waals surface area contributed by atoms with Gasteiger partial charge >= 0.3 is 0 Å². The van der Waals surface area contributed by atoms with E-state index in [2.05, 4.69) is 19.2 Å². The maximum absolute atomic E-state index is 12.2. The number of sulfonamides is 1. The van der Waals surface area contributed by atoms with E-state index in [1.165, 1.54) is 4.31 Å². The minimum absolute atomic E-state index is 0.0589. The third-order valence-corrected chi connectivity index (χ3v) is 5.83. The minimum atomic E-state index is -3.13. The summed E-state index contributed by atoms with van der Waals surface area (Å²) in [4.78, 5) is 0. The van der Waals surface area contributed by atoms with Crippen molar-refractivity contribution in [3.63, 3.8) is 0 Å². The largest absolute Gasteiger partial charge is 0.313 e. The predicted octanol–water partition coefficient (Wildman–Crippen LogP) is 1.43. The summed E-state index contributed by atoms with van der Waals surface area (Å²) in [6, 6.07) is 0.194. The molecule has 1 aliphatic heterocycles. The van der Waals surface area contributed by atoms with Crippen molar-refractivity contribution in [1.29, 1.82) is 0 Å². The lowest BCUT2D eigenvalue weighted by atomic mass is 10.1. The van der Waals surface area contributed by atoms with Crippen LogP contribution in [0.1, 0.15) is 40.0 Å². The summed E-state index contributed by atoms with van der Waals surface area (Å²) >= 11 is 0. The summed E-state index contributed by atoms with van der Waals surface area (Å²) in [5, 5.41) is 3.29. The van der Waals surface area contributed by atoms with Gasteiger partial charge in [-0.15, -0.1) is 0 Å². The third kappa shape index (κ3) is 4.23. The molecule has 0 bridgehead atoms. The molecule has 0 spiro atoms. The molecule has 0 radical (unpaired) electrons. The molecule has 5 heteroatoms. The Kier molecular flexibility index (Phi) is 5.41. The summed E-state index contributed by atoms with van der Waals surface area (Å²) in [5.41, 5.74) is 0. The van der Waals surface area contributed by atoms with Crippen LogP contribution in [0.5, 0.6) is 0 Å². The lowest BCUT2D eigenvalue weighted by Gasteiger charge is -2.30. The second kappa shape index (κ2) is 6.16. The van der Waals surface area contributed by atoms with E-state index in [0.717, 1.165) is 25.8 Å². The smallest absolute Gasteiger partial charge is 0.215 e. The summed E-state index contributed by atoms with van der Waals surface area (Å²) in [7, 11) is -1.44. The second-order valence-corrected chi connectivity index (χ2v) is 7.50. The highest BCUT2D eigenvalue weighted by Crippen LogP contribution is 2.16. The van der Waals surface area contributed by atoms with E-state index in [1.54, 1.807) is 7.05 Å². The van der Waals surface area contributed by atoms with E-state index in [-0.39, 0.29) is 17.8 Å². The molecule has 2 atom stereocenters. The van der Waals surface area contributed by atoms with Gasteiger partial charge in [-0.05, 0) is 32.2 Å².